The second-order valence-electron chi connectivity index (χ2n) is 7.12. The van der Waals surface area contributed by atoms with Gasteiger partial charge in [-0.1, -0.05) is 78.5 Å². The summed E-state index contributed by atoms with van der Waals surface area (Å²) in [5, 5.41) is 14.6. The van der Waals surface area contributed by atoms with Gasteiger partial charge in [-0.05, 0) is 18.2 Å². The van der Waals surface area contributed by atoms with E-state index in [-0.39, 0.29) is 17.6 Å². The quantitative estimate of drug-likeness (QED) is 0.385. The van der Waals surface area contributed by atoms with Gasteiger partial charge in [-0.25, -0.2) is 4.98 Å². The summed E-state index contributed by atoms with van der Waals surface area (Å²) in [6.07, 6.45) is 0. The van der Waals surface area contributed by atoms with Crippen molar-refractivity contribution in [1.82, 2.24) is 15.2 Å². The van der Waals surface area contributed by atoms with Crippen molar-refractivity contribution in [3.63, 3.8) is 0 Å². The lowest BCUT2D eigenvalue weighted by atomic mass is 10.0. The van der Waals surface area contributed by atoms with Gasteiger partial charge in [-0.3, -0.25) is 9.59 Å². The molecule has 0 aliphatic rings. The van der Waals surface area contributed by atoms with Gasteiger partial charge in [0.1, 0.15) is 11.4 Å². The van der Waals surface area contributed by atoms with E-state index in [1.807, 2.05) is 60.7 Å². The second-order valence-corrected chi connectivity index (χ2v) is 8.06. The van der Waals surface area contributed by atoms with Crippen molar-refractivity contribution in [2.24, 2.45) is 0 Å². The molecule has 4 aromatic rings. The Hall–Kier alpha value is -4.04. The highest BCUT2D eigenvalue weighted by Crippen LogP contribution is 2.29. The van der Waals surface area contributed by atoms with Crippen molar-refractivity contribution in [2.75, 3.05) is 16.4 Å². The third-order valence-corrected chi connectivity index (χ3v) is 5.40. The maximum absolute atomic E-state index is 12.5. The number of aromatic nitrogens is 3. The van der Waals surface area contributed by atoms with E-state index in [1.54, 1.807) is 24.3 Å². The molecule has 164 valence electrons. The molecule has 0 aliphatic carbocycles. The molecule has 2 N–H and O–H groups in total. The monoisotopic (exact) mass is 455 g/mol. The van der Waals surface area contributed by atoms with Gasteiger partial charge in [0.25, 0.3) is 0 Å². The van der Waals surface area contributed by atoms with Crippen molar-refractivity contribution in [3.8, 4) is 22.5 Å². The molecule has 0 saturated heterocycles. The number of carbonyl (C=O) groups excluding carboxylic acids is 2. The van der Waals surface area contributed by atoms with Crippen molar-refractivity contribution in [1.29, 1.82) is 0 Å². The lowest BCUT2D eigenvalue weighted by molar-refractivity contribution is -0.114. The first-order chi connectivity index (χ1) is 16.1. The highest BCUT2D eigenvalue weighted by molar-refractivity contribution is 7.99. The number of hydrogen-bond donors (Lipinski definition) is 2. The van der Waals surface area contributed by atoms with E-state index in [0.717, 1.165) is 11.1 Å². The molecule has 3 aromatic carbocycles. The molecule has 7 nitrogen and oxygen atoms in total. The van der Waals surface area contributed by atoms with E-state index in [4.69, 9.17) is 4.98 Å². The van der Waals surface area contributed by atoms with E-state index in [2.05, 4.69) is 20.8 Å². The minimum absolute atomic E-state index is 0.116. The van der Waals surface area contributed by atoms with Crippen molar-refractivity contribution < 1.29 is 9.59 Å². The molecule has 1 aromatic heterocycles. The number of benzene rings is 3. The number of thioether (sulfide) groups is 1. The van der Waals surface area contributed by atoms with Gasteiger partial charge in [-0.15, -0.1) is 10.2 Å². The molecule has 0 unspecified atom stereocenters. The molecular weight excluding hydrogens is 434 g/mol. The molecule has 0 bridgehead atoms. The van der Waals surface area contributed by atoms with Crippen LogP contribution in [-0.2, 0) is 9.59 Å². The van der Waals surface area contributed by atoms with E-state index in [1.165, 1.54) is 18.7 Å². The zero-order valence-electron chi connectivity index (χ0n) is 17.9. The van der Waals surface area contributed by atoms with Crippen LogP contribution < -0.4 is 10.6 Å². The maximum atomic E-state index is 12.5. The fraction of sp³-hybridized carbons (Fsp3) is 0.0800. The Labute approximate surface area is 195 Å². The highest BCUT2D eigenvalue weighted by atomic mass is 32.2. The van der Waals surface area contributed by atoms with Crippen LogP contribution in [0.15, 0.2) is 90.1 Å². The molecule has 4 rings (SSSR count). The molecule has 0 fully saturated rings. The standard InChI is InChI=1S/C25H21N5O2S/c1-17(31)26-20-13-8-14-21(15-20)27-22(32)16-33-25-28-23(18-9-4-2-5-10-18)24(29-30-25)19-11-6-3-7-12-19/h2-15H,16H2,1H3,(H,26,31)(H,27,32). The Bertz CT molecular complexity index is 1270. The fourth-order valence-electron chi connectivity index (χ4n) is 3.17. The first-order valence-electron chi connectivity index (χ1n) is 10.2. The summed E-state index contributed by atoms with van der Waals surface area (Å²) in [7, 11) is 0. The van der Waals surface area contributed by atoms with Crippen molar-refractivity contribution in [3.05, 3.63) is 84.9 Å². The average molecular weight is 456 g/mol. The second kappa shape index (κ2) is 10.5. The number of anilines is 2. The van der Waals surface area contributed by atoms with Gasteiger partial charge in [0.15, 0.2) is 0 Å². The summed E-state index contributed by atoms with van der Waals surface area (Å²) in [6, 6.07) is 26.5. The van der Waals surface area contributed by atoms with Crippen LogP contribution in [0.1, 0.15) is 6.92 Å². The molecule has 2 amide bonds. The Morgan fingerprint density at radius 1 is 0.758 bits per heavy atom. The van der Waals surface area contributed by atoms with Crippen molar-refractivity contribution >= 4 is 35.0 Å². The zero-order chi connectivity index (χ0) is 23.0. The van der Waals surface area contributed by atoms with E-state index in [9.17, 15) is 9.59 Å². The molecule has 0 aliphatic heterocycles. The van der Waals surface area contributed by atoms with Gasteiger partial charge in [0, 0.05) is 29.4 Å². The first kappa shape index (κ1) is 22.2. The number of rotatable bonds is 7. The lowest BCUT2D eigenvalue weighted by Gasteiger charge is -2.10. The summed E-state index contributed by atoms with van der Waals surface area (Å²) >= 11 is 1.21. The van der Waals surface area contributed by atoms with Crippen LogP contribution in [0.2, 0.25) is 0 Å². The Morgan fingerprint density at radius 3 is 2.00 bits per heavy atom. The van der Waals surface area contributed by atoms with Crippen LogP contribution in [0.5, 0.6) is 0 Å². The summed E-state index contributed by atoms with van der Waals surface area (Å²) < 4.78 is 0. The molecule has 0 spiro atoms. The van der Waals surface area contributed by atoms with E-state index >= 15 is 0 Å². The van der Waals surface area contributed by atoms with E-state index < -0.39 is 0 Å². The fourth-order valence-corrected chi connectivity index (χ4v) is 3.75. The summed E-state index contributed by atoms with van der Waals surface area (Å²) in [5.41, 5.74) is 4.45. The van der Waals surface area contributed by atoms with Crippen LogP contribution in [0.25, 0.3) is 22.5 Å². The number of carbonyl (C=O) groups is 2. The molecule has 1 heterocycles. The summed E-state index contributed by atoms with van der Waals surface area (Å²) in [4.78, 5) is 28.4. The minimum atomic E-state index is -0.211. The summed E-state index contributed by atoms with van der Waals surface area (Å²) in [5.74, 6) is -0.269. The minimum Gasteiger partial charge on any atom is -0.326 e. The molecular formula is C25H21N5O2S. The van der Waals surface area contributed by atoms with Crippen LogP contribution in [0.3, 0.4) is 0 Å². The van der Waals surface area contributed by atoms with Gasteiger partial charge >= 0.3 is 0 Å². The van der Waals surface area contributed by atoms with Crippen LogP contribution in [-0.4, -0.2) is 32.7 Å². The largest absolute Gasteiger partial charge is 0.326 e. The van der Waals surface area contributed by atoms with Gasteiger partial charge < -0.3 is 10.6 Å². The molecule has 0 radical (unpaired) electrons. The van der Waals surface area contributed by atoms with Crippen LogP contribution in [0.4, 0.5) is 11.4 Å². The normalized spacial score (nSPS) is 10.5. The number of nitrogens with zero attached hydrogens (tertiary/aromatic N) is 3. The predicted octanol–water partition coefficient (Wildman–Crippen LogP) is 4.89. The summed E-state index contributed by atoms with van der Waals surface area (Å²) in [6.45, 7) is 1.43. The smallest absolute Gasteiger partial charge is 0.234 e. The van der Waals surface area contributed by atoms with Gasteiger partial charge in [-0.2, -0.15) is 0 Å². The topological polar surface area (TPSA) is 96.9 Å². The average Bonchev–Trinajstić information content (AvgIpc) is 2.83. The number of amides is 2. The molecule has 8 heteroatoms. The lowest BCUT2D eigenvalue weighted by Crippen LogP contribution is -2.15. The Balaban J connectivity index is 1.50. The SMILES string of the molecule is CC(=O)Nc1cccc(NC(=O)CSc2nnc(-c3ccccc3)c(-c3ccccc3)n2)c1. The van der Waals surface area contributed by atoms with E-state index in [0.29, 0.717) is 27.9 Å². The Kier molecular flexibility index (Phi) is 7.06. The predicted molar refractivity (Wildman–Crippen MR) is 131 cm³/mol. The molecule has 33 heavy (non-hydrogen) atoms. The zero-order valence-corrected chi connectivity index (χ0v) is 18.7. The van der Waals surface area contributed by atoms with Gasteiger partial charge in [0.05, 0.1) is 5.75 Å². The maximum Gasteiger partial charge on any atom is 0.234 e. The third kappa shape index (κ3) is 6.02. The van der Waals surface area contributed by atoms with Gasteiger partial charge in [0.2, 0.25) is 17.0 Å². The highest BCUT2D eigenvalue weighted by Gasteiger charge is 2.14. The van der Waals surface area contributed by atoms with Crippen molar-refractivity contribution in [2.45, 2.75) is 12.1 Å². The number of hydrogen-bond acceptors (Lipinski definition) is 6. The van der Waals surface area contributed by atoms with Crippen LogP contribution in [0, 0.1) is 0 Å². The third-order valence-electron chi connectivity index (χ3n) is 4.56. The first-order valence-corrected chi connectivity index (χ1v) is 11.2. The van der Waals surface area contributed by atoms with Crippen LogP contribution >= 0.6 is 11.8 Å². The molecule has 0 atom stereocenters. The Morgan fingerprint density at radius 2 is 1.36 bits per heavy atom. The number of nitrogens with one attached hydrogen (secondary N) is 2. The molecule has 0 saturated carbocycles.